The Morgan fingerprint density at radius 2 is 1.84 bits per heavy atom. The van der Waals surface area contributed by atoms with Crippen LogP contribution in [0.3, 0.4) is 0 Å². The van der Waals surface area contributed by atoms with Gasteiger partial charge in [0, 0.05) is 36.9 Å². The van der Waals surface area contributed by atoms with Gasteiger partial charge in [-0.15, -0.1) is 0 Å². The molecule has 31 heavy (non-hydrogen) atoms. The highest BCUT2D eigenvalue weighted by molar-refractivity contribution is 6.46. The fourth-order valence-electron chi connectivity index (χ4n) is 3.79. The highest BCUT2D eigenvalue weighted by Gasteiger charge is 2.46. The third kappa shape index (κ3) is 3.77. The van der Waals surface area contributed by atoms with Crippen molar-refractivity contribution in [2.24, 2.45) is 0 Å². The summed E-state index contributed by atoms with van der Waals surface area (Å²) in [5.41, 5.74) is 2.64. The molecule has 7 heteroatoms. The number of ether oxygens (including phenoxy) is 1. The fraction of sp³-hybridized carbons (Fsp3) is 0.167. The quantitative estimate of drug-likeness (QED) is 0.390. The summed E-state index contributed by atoms with van der Waals surface area (Å²) in [6, 6.07) is 11.5. The first-order valence-electron chi connectivity index (χ1n) is 9.73. The third-order valence-electron chi connectivity index (χ3n) is 5.30. The van der Waals surface area contributed by atoms with Crippen LogP contribution in [-0.4, -0.2) is 38.8 Å². The van der Waals surface area contributed by atoms with E-state index in [9.17, 15) is 14.7 Å². The molecule has 0 bridgehead atoms. The van der Waals surface area contributed by atoms with Crippen molar-refractivity contribution in [2.45, 2.75) is 19.5 Å². The van der Waals surface area contributed by atoms with E-state index in [2.05, 4.69) is 9.97 Å². The molecule has 1 aliphatic heterocycles. The van der Waals surface area contributed by atoms with Crippen molar-refractivity contribution in [3.63, 3.8) is 0 Å². The van der Waals surface area contributed by atoms with Gasteiger partial charge in [0.15, 0.2) is 0 Å². The van der Waals surface area contributed by atoms with E-state index in [1.807, 2.05) is 13.0 Å². The Kier molecular flexibility index (Phi) is 5.49. The molecule has 3 heterocycles. The predicted octanol–water partition coefficient (Wildman–Crippen LogP) is 3.42. The third-order valence-corrected chi connectivity index (χ3v) is 5.30. The van der Waals surface area contributed by atoms with E-state index in [-0.39, 0.29) is 17.9 Å². The van der Waals surface area contributed by atoms with Crippen LogP contribution < -0.4 is 4.74 Å². The van der Waals surface area contributed by atoms with Crippen molar-refractivity contribution in [2.75, 3.05) is 7.11 Å². The van der Waals surface area contributed by atoms with Crippen molar-refractivity contribution in [3.8, 4) is 5.75 Å². The summed E-state index contributed by atoms with van der Waals surface area (Å²) in [7, 11) is 1.56. The van der Waals surface area contributed by atoms with Gasteiger partial charge in [-0.05, 0) is 53.9 Å². The number of likely N-dealkylation sites (tertiary alicyclic amines) is 1. The topological polar surface area (TPSA) is 92.6 Å². The smallest absolute Gasteiger partial charge is 0.295 e. The lowest BCUT2D eigenvalue weighted by atomic mass is 9.94. The van der Waals surface area contributed by atoms with Gasteiger partial charge in [0.1, 0.15) is 11.5 Å². The Labute approximate surface area is 179 Å². The zero-order valence-corrected chi connectivity index (χ0v) is 17.1. The predicted molar refractivity (Wildman–Crippen MR) is 114 cm³/mol. The average Bonchev–Trinajstić information content (AvgIpc) is 3.04. The average molecular weight is 415 g/mol. The number of nitrogens with zero attached hydrogens (tertiary/aromatic N) is 3. The van der Waals surface area contributed by atoms with Gasteiger partial charge in [0.05, 0.1) is 18.7 Å². The molecule has 156 valence electrons. The monoisotopic (exact) mass is 415 g/mol. The summed E-state index contributed by atoms with van der Waals surface area (Å²) in [5, 5.41) is 11.2. The van der Waals surface area contributed by atoms with E-state index in [0.29, 0.717) is 16.9 Å². The zero-order valence-electron chi connectivity index (χ0n) is 17.1. The normalized spacial score (nSPS) is 17.7. The maximum absolute atomic E-state index is 13.1. The van der Waals surface area contributed by atoms with Crippen molar-refractivity contribution < 1.29 is 19.4 Å². The Hall–Kier alpha value is -4.00. The van der Waals surface area contributed by atoms with E-state index in [4.69, 9.17) is 4.74 Å². The van der Waals surface area contributed by atoms with E-state index < -0.39 is 17.7 Å². The van der Waals surface area contributed by atoms with Gasteiger partial charge in [-0.1, -0.05) is 12.1 Å². The van der Waals surface area contributed by atoms with Crippen molar-refractivity contribution in [1.29, 1.82) is 0 Å². The number of benzene rings is 1. The van der Waals surface area contributed by atoms with Crippen LogP contribution in [0.4, 0.5) is 0 Å². The summed E-state index contributed by atoms with van der Waals surface area (Å²) in [5.74, 6) is -0.994. The largest absolute Gasteiger partial charge is 0.507 e. The van der Waals surface area contributed by atoms with E-state index in [1.165, 1.54) is 4.90 Å². The molecule has 1 amide bonds. The van der Waals surface area contributed by atoms with Gasteiger partial charge in [-0.25, -0.2) is 0 Å². The zero-order chi connectivity index (χ0) is 22.0. The Balaban J connectivity index is 1.86. The van der Waals surface area contributed by atoms with Gasteiger partial charge in [0.25, 0.3) is 11.7 Å². The fourth-order valence-corrected chi connectivity index (χ4v) is 3.79. The number of carbonyl (C=O) groups is 2. The van der Waals surface area contributed by atoms with Crippen LogP contribution in [0.25, 0.3) is 5.76 Å². The van der Waals surface area contributed by atoms with Gasteiger partial charge in [-0.2, -0.15) is 0 Å². The van der Waals surface area contributed by atoms with E-state index >= 15 is 0 Å². The molecule has 3 aromatic rings. The summed E-state index contributed by atoms with van der Waals surface area (Å²) in [6.07, 6.45) is 6.50. The molecule has 0 unspecified atom stereocenters. The second-order valence-corrected chi connectivity index (χ2v) is 7.26. The Morgan fingerprint density at radius 1 is 1.10 bits per heavy atom. The van der Waals surface area contributed by atoms with Gasteiger partial charge < -0.3 is 14.7 Å². The molecular weight excluding hydrogens is 394 g/mol. The highest BCUT2D eigenvalue weighted by atomic mass is 16.5. The first-order valence-corrected chi connectivity index (χ1v) is 9.73. The number of hydrogen-bond acceptors (Lipinski definition) is 6. The number of rotatable bonds is 5. The molecule has 0 aliphatic carbocycles. The maximum atomic E-state index is 13.1. The molecule has 2 aromatic heterocycles. The Bertz CT molecular complexity index is 1160. The lowest BCUT2D eigenvalue weighted by Gasteiger charge is -2.25. The van der Waals surface area contributed by atoms with Crippen LogP contribution in [0, 0.1) is 6.92 Å². The number of aromatic nitrogens is 2. The molecular formula is C24H21N3O4. The lowest BCUT2D eigenvalue weighted by molar-refractivity contribution is -0.140. The summed E-state index contributed by atoms with van der Waals surface area (Å²) >= 11 is 0. The van der Waals surface area contributed by atoms with E-state index in [1.54, 1.807) is 68.3 Å². The minimum absolute atomic E-state index is 0.0372. The van der Waals surface area contributed by atoms with Crippen molar-refractivity contribution >= 4 is 17.4 Å². The molecule has 1 aromatic carbocycles. The first-order chi connectivity index (χ1) is 15.0. The number of carbonyl (C=O) groups excluding carboxylic acids is 2. The summed E-state index contributed by atoms with van der Waals surface area (Å²) in [6.45, 7) is 1.98. The van der Waals surface area contributed by atoms with Crippen LogP contribution in [0.2, 0.25) is 0 Å². The van der Waals surface area contributed by atoms with Crippen molar-refractivity contribution in [3.05, 3.63) is 95.1 Å². The molecule has 0 spiro atoms. The molecule has 7 nitrogen and oxygen atoms in total. The number of ketones is 1. The highest BCUT2D eigenvalue weighted by Crippen LogP contribution is 2.40. The number of methoxy groups -OCH3 is 1. The number of hydrogen-bond donors (Lipinski definition) is 1. The van der Waals surface area contributed by atoms with Crippen LogP contribution in [0.5, 0.6) is 5.75 Å². The number of Topliss-reactive ketones (excluding diaryl/α,β-unsaturated/α-hetero) is 1. The molecule has 1 fully saturated rings. The van der Waals surface area contributed by atoms with Crippen LogP contribution in [0.1, 0.15) is 28.3 Å². The number of pyridine rings is 2. The van der Waals surface area contributed by atoms with Gasteiger partial charge in [-0.3, -0.25) is 19.6 Å². The number of aliphatic hydroxyl groups excluding tert-OH is 1. The molecule has 0 saturated carbocycles. The molecule has 0 radical (unpaired) electrons. The number of aliphatic hydroxyl groups is 1. The number of aryl methyl sites for hydroxylation is 1. The molecule has 1 atom stereocenters. The van der Waals surface area contributed by atoms with Gasteiger partial charge >= 0.3 is 0 Å². The second kappa shape index (κ2) is 8.39. The standard InChI is InChI=1S/C24H21N3O4/c1-15-11-18(31-2)7-8-19(15)22(28)20-21(17-6-4-10-26-13-17)27(24(30)23(20)29)14-16-5-3-9-25-12-16/h3-13,21,28H,14H2,1-2H3/b22-20+/t21-/m0/s1. The second-order valence-electron chi connectivity index (χ2n) is 7.26. The van der Waals surface area contributed by atoms with Crippen LogP contribution in [0.15, 0.2) is 72.8 Å². The lowest BCUT2D eigenvalue weighted by Crippen LogP contribution is -2.29. The Morgan fingerprint density at radius 3 is 2.45 bits per heavy atom. The van der Waals surface area contributed by atoms with Gasteiger partial charge in [0.2, 0.25) is 0 Å². The maximum Gasteiger partial charge on any atom is 0.295 e. The van der Waals surface area contributed by atoms with Crippen LogP contribution >= 0.6 is 0 Å². The molecule has 1 N–H and O–H groups in total. The van der Waals surface area contributed by atoms with Crippen LogP contribution in [-0.2, 0) is 16.1 Å². The first kappa shape index (κ1) is 20.3. The van der Waals surface area contributed by atoms with E-state index in [0.717, 1.165) is 11.1 Å². The number of amides is 1. The molecule has 4 rings (SSSR count). The SMILES string of the molecule is COc1ccc(/C(O)=C2\C(=O)C(=O)N(Cc3cccnc3)[C@H]2c2cccnc2)c(C)c1. The summed E-state index contributed by atoms with van der Waals surface area (Å²) in [4.78, 5) is 35.7. The minimum Gasteiger partial charge on any atom is -0.507 e. The molecule has 1 saturated heterocycles. The van der Waals surface area contributed by atoms with Crippen molar-refractivity contribution in [1.82, 2.24) is 14.9 Å². The minimum atomic E-state index is -0.768. The summed E-state index contributed by atoms with van der Waals surface area (Å²) < 4.78 is 5.23. The molecule has 1 aliphatic rings.